The van der Waals surface area contributed by atoms with Crippen LogP contribution in [0.25, 0.3) is 0 Å². The van der Waals surface area contributed by atoms with Crippen molar-refractivity contribution in [1.29, 1.82) is 5.26 Å². The second-order valence-corrected chi connectivity index (χ2v) is 3.28. The standard InChI is InChI=1S/C11H9N3O2/c12-6-5-11-13-10(14-16-11)7-8-1-3-9(15)4-2-8/h1-4,15H,5,7H2. The molecule has 80 valence electrons. The van der Waals surface area contributed by atoms with E-state index in [1.807, 2.05) is 6.07 Å². The molecule has 0 atom stereocenters. The van der Waals surface area contributed by atoms with Crippen molar-refractivity contribution >= 4 is 0 Å². The Labute approximate surface area is 92.0 Å². The Balaban J connectivity index is 2.09. The Kier molecular flexibility index (Phi) is 2.83. The number of rotatable bonds is 3. The number of nitriles is 1. The van der Waals surface area contributed by atoms with Crippen molar-refractivity contribution in [2.24, 2.45) is 0 Å². The summed E-state index contributed by atoms with van der Waals surface area (Å²) in [5.74, 6) is 1.09. The van der Waals surface area contributed by atoms with Crippen LogP contribution in [0, 0.1) is 11.3 Å². The molecule has 0 radical (unpaired) electrons. The fourth-order valence-corrected chi connectivity index (χ4v) is 1.30. The molecule has 1 aromatic heterocycles. The van der Waals surface area contributed by atoms with E-state index in [4.69, 9.17) is 14.9 Å². The molecule has 2 aromatic rings. The lowest BCUT2D eigenvalue weighted by molar-refractivity contribution is 0.382. The smallest absolute Gasteiger partial charge is 0.240 e. The highest BCUT2D eigenvalue weighted by Crippen LogP contribution is 2.12. The molecule has 0 aliphatic heterocycles. The predicted molar refractivity (Wildman–Crippen MR) is 54.5 cm³/mol. The highest BCUT2D eigenvalue weighted by atomic mass is 16.5. The summed E-state index contributed by atoms with van der Waals surface area (Å²) in [7, 11) is 0. The SMILES string of the molecule is N#CCc1nc(Cc2ccc(O)cc2)no1. The van der Waals surface area contributed by atoms with Crippen LogP contribution in [-0.2, 0) is 12.8 Å². The molecule has 0 saturated heterocycles. The van der Waals surface area contributed by atoms with Gasteiger partial charge < -0.3 is 9.63 Å². The molecule has 0 unspecified atom stereocenters. The van der Waals surface area contributed by atoms with Crippen LogP contribution in [0.4, 0.5) is 0 Å². The lowest BCUT2D eigenvalue weighted by atomic mass is 10.1. The summed E-state index contributed by atoms with van der Waals surface area (Å²) in [4.78, 5) is 4.05. The van der Waals surface area contributed by atoms with Crippen molar-refractivity contribution in [3.05, 3.63) is 41.5 Å². The van der Waals surface area contributed by atoms with Crippen molar-refractivity contribution in [2.75, 3.05) is 0 Å². The van der Waals surface area contributed by atoms with Gasteiger partial charge in [0.1, 0.15) is 12.2 Å². The van der Waals surface area contributed by atoms with Gasteiger partial charge in [0, 0.05) is 6.42 Å². The minimum Gasteiger partial charge on any atom is -0.508 e. The highest BCUT2D eigenvalue weighted by molar-refractivity contribution is 5.27. The zero-order chi connectivity index (χ0) is 11.4. The molecule has 0 aliphatic rings. The molecule has 0 amide bonds. The summed E-state index contributed by atoms with van der Waals surface area (Å²) >= 11 is 0. The van der Waals surface area contributed by atoms with Gasteiger partial charge in [-0.2, -0.15) is 10.2 Å². The van der Waals surface area contributed by atoms with Crippen molar-refractivity contribution in [2.45, 2.75) is 12.8 Å². The van der Waals surface area contributed by atoms with Crippen LogP contribution in [0.1, 0.15) is 17.3 Å². The second kappa shape index (κ2) is 4.45. The number of aromatic nitrogens is 2. The van der Waals surface area contributed by atoms with Crippen LogP contribution >= 0.6 is 0 Å². The van der Waals surface area contributed by atoms with E-state index in [1.165, 1.54) is 0 Å². The first-order valence-corrected chi connectivity index (χ1v) is 4.74. The van der Waals surface area contributed by atoms with Gasteiger partial charge in [-0.25, -0.2) is 0 Å². The summed E-state index contributed by atoms with van der Waals surface area (Å²) in [6, 6.07) is 8.72. The molecule has 5 heteroatoms. The Morgan fingerprint density at radius 1 is 1.31 bits per heavy atom. The monoisotopic (exact) mass is 215 g/mol. The number of phenolic OH excluding ortho intramolecular Hbond substituents is 1. The summed E-state index contributed by atoms with van der Waals surface area (Å²) < 4.78 is 4.87. The van der Waals surface area contributed by atoms with E-state index in [9.17, 15) is 0 Å². The van der Waals surface area contributed by atoms with E-state index >= 15 is 0 Å². The van der Waals surface area contributed by atoms with Crippen molar-refractivity contribution in [3.8, 4) is 11.8 Å². The highest BCUT2D eigenvalue weighted by Gasteiger charge is 2.06. The fraction of sp³-hybridized carbons (Fsp3) is 0.182. The molecule has 0 bridgehead atoms. The fourth-order valence-electron chi connectivity index (χ4n) is 1.30. The van der Waals surface area contributed by atoms with Gasteiger partial charge in [0.25, 0.3) is 0 Å². The Morgan fingerprint density at radius 3 is 2.75 bits per heavy atom. The van der Waals surface area contributed by atoms with Gasteiger partial charge in [-0.1, -0.05) is 17.3 Å². The summed E-state index contributed by atoms with van der Waals surface area (Å²) in [5.41, 5.74) is 0.974. The quantitative estimate of drug-likeness (QED) is 0.837. The minimum absolute atomic E-state index is 0.128. The molecule has 2 rings (SSSR count). The maximum Gasteiger partial charge on any atom is 0.240 e. The zero-order valence-electron chi connectivity index (χ0n) is 8.42. The van der Waals surface area contributed by atoms with Crippen LogP contribution in [0.5, 0.6) is 5.75 Å². The van der Waals surface area contributed by atoms with E-state index < -0.39 is 0 Å². The van der Waals surface area contributed by atoms with E-state index in [0.29, 0.717) is 18.1 Å². The zero-order valence-corrected chi connectivity index (χ0v) is 8.42. The van der Waals surface area contributed by atoms with Crippen molar-refractivity contribution < 1.29 is 9.63 Å². The normalized spacial score (nSPS) is 9.94. The molecule has 0 fully saturated rings. The lowest BCUT2D eigenvalue weighted by Gasteiger charge is -1.96. The van der Waals surface area contributed by atoms with E-state index in [2.05, 4.69) is 10.1 Å². The molecule has 1 heterocycles. The first kappa shape index (κ1) is 10.2. The second-order valence-electron chi connectivity index (χ2n) is 3.28. The first-order valence-electron chi connectivity index (χ1n) is 4.74. The number of aromatic hydroxyl groups is 1. The molecule has 5 nitrogen and oxygen atoms in total. The molecule has 1 aromatic carbocycles. The average molecular weight is 215 g/mol. The molecule has 1 N–H and O–H groups in total. The van der Waals surface area contributed by atoms with Gasteiger partial charge in [0.2, 0.25) is 5.89 Å². The van der Waals surface area contributed by atoms with Gasteiger partial charge in [-0.15, -0.1) is 0 Å². The maximum atomic E-state index is 9.11. The molecule has 0 saturated carbocycles. The van der Waals surface area contributed by atoms with Crippen LogP contribution in [0.15, 0.2) is 28.8 Å². The molecule has 0 aliphatic carbocycles. The predicted octanol–water partition coefficient (Wildman–Crippen LogP) is 1.43. The maximum absolute atomic E-state index is 9.11. The van der Waals surface area contributed by atoms with Gasteiger partial charge in [-0.3, -0.25) is 0 Å². The third-order valence-corrected chi connectivity index (χ3v) is 2.04. The van der Waals surface area contributed by atoms with Crippen LogP contribution in [-0.4, -0.2) is 15.2 Å². The molecular weight excluding hydrogens is 206 g/mol. The van der Waals surface area contributed by atoms with Gasteiger partial charge in [0.15, 0.2) is 5.82 Å². The first-order chi connectivity index (χ1) is 7.78. The van der Waals surface area contributed by atoms with Gasteiger partial charge >= 0.3 is 0 Å². The number of benzene rings is 1. The third-order valence-electron chi connectivity index (χ3n) is 2.04. The largest absolute Gasteiger partial charge is 0.508 e. The van der Waals surface area contributed by atoms with Crippen LogP contribution in [0.2, 0.25) is 0 Å². The van der Waals surface area contributed by atoms with E-state index in [0.717, 1.165) is 5.56 Å². The number of hydrogen-bond donors (Lipinski definition) is 1. The van der Waals surface area contributed by atoms with Crippen molar-refractivity contribution in [1.82, 2.24) is 10.1 Å². The van der Waals surface area contributed by atoms with E-state index in [-0.39, 0.29) is 12.2 Å². The van der Waals surface area contributed by atoms with E-state index in [1.54, 1.807) is 24.3 Å². The Bertz CT molecular complexity index is 511. The van der Waals surface area contributed by atoms with Crippen LogP contribution in [0.3, 0.4) is 0 Å². The van der Waals surface area contributed by atoms with Crippen molar-refractivity contribution in [3.63, 3.8) is 0 Å². The molecular formula is C11H9N3O2. The van der Waals surface area contributed by atoms with Gasteiger partial charge in [0.05, 0.1) is 6.07 Å². The Morgan fingerprint density at radius 2 is 2.06 bits per heavy atom. The lowest BCUT2D eigenvalue weighted by Crippen LogP contribution is -1.90. The Hall–Kier alpha value is -2.35. The number of hydrogen-bond acceptors (Lipinski definition) is 5. The van der Waals surface area contributed by atoms with Gasteiger partial charge in [-0.05, 0) is 17.7 Å². The average Bonchev–Trinajstić information content (AvgIpc) is 2.70. The van der Waals surface area contributed by atoms with Crippen LogP contribution < -0.4 is 0 Å². The number of phenols is 1. The third kappa shape index (κ3) is 2.36. The summed E-state index contributed by atoms with van der Waals surface area (Å²) in [6.07, 6.45) is 0.651. The number of nitrogens with zero attached hydrogens (tertiary/aromatic N) is 3. The molecule has 0 spiro atoms. The summed E-state index contributed by atoms with van der Waals surface area (Å²) in [5, 5.41) is 21.3. The topological polar surface area (TPSA) is 82.9 Å². The molecule has 16 heavy (non-hydrogen) atoms. The summed E-state index contributed by atoms with van der Waals surface area (Å²) in [6.45, 7) is 0. The minimum atomic E-state index is 0.128.